The molecule has 1 unspecified atom stereocenters. The molecule has 126 valence electrons. The summed E-state index contributed by atoms with van der Waals surface area (Å²) in [6.07, 6.45) is 4.03. The summed E-state index contributed by atoms with van der Waals surface area (Å²) < 4.78 is 5.21. The maximum Gasteiger partial charge on any atom is 0.228 e. The van der Waals surface area contributed by atoms with Crippen molar-refractivity contribution in [1.29, 1.82) is 0 Å². The molecule has 2 aliphatic rings. The minimum absolute atomic E-state index is 0.162. The van der Waals surface area contributed by atoms with E-state index in [0.717, 1.165) is 51.1 Å². The molecule has 1 aromatic rings. The Morgan fingerprint density at radius 3 is 2.39 bits per heavy atom. The van der Waals surface area contributed by atoms with Gasteiger partial charge in [0, 0.05) is 18.0 Å². The van der Waals surface area contributed by atoms with Gasteiger partial charge in [0.2, 0.25) is 5.91 Å². The fraction of sp³-hybridized carbons (Fsp3) is 0.632. The highest BCUT2D eigenvalue weighted by Gasteiger charge is 2.43. The third-order valence-corrected chi connectivity index (χ3v) is 5.64. The normalized spacial score (nSPS) is 24.1. The summed E-state index contributed by atoms with van der Waals surface area (Å²) in [5.74, 6) is 1.25. The zero-order valence-corrected chi connectivity index (χ0v) is 14.5. The summed E-state index contributed by atoms with van der Waals surface area (Å²) >= 11 is 0. The van der Waals surface area contributed by atoms with Crippen LogP contribution < -0.4 is 4.74 Å². The van der Waals surface area contributed by atoms with Crippen LogP contribution in [-0.4, -0.2) is 55.5 Å². The number of hydrogen-bond acceptors (Lipinski definition) is 3. The van der Waals surface area contributed by atoms with Crippen molar-refractivity contribution < 1.29 is 9.53 Å². The van der Waals surface area contributed by atoms with Crippen LogP contribution in [0.5, 0.6) is 5.75 Å². The maximum atomic E-state index is 13.0. The van der Waals surface area contributed by atoms with E-state index in [0.29, 0.717) is 11.9 Å². The van der Waals surface area contributed by atoms with E-state index in [1.165, 1.54) is 5.56 Å². The standard InChI is InChI=1S/C19H28N2O2/c1-19(9-12-20(2)13-10-19)18(22)21-11-8-16(21)14-15-4-6-17(23-3)7-5-15/h4-7,16H,8-14H2,1-3H3. The maximum absolute atomic E-state index is 13.0. The van der Waals surface area contributed by atoms with Gasteiger partial charge in [-0.05, 0) is 63.5 Å². The molecular formula is C19H28N2O2. The molecule has 1 amide bonds. The van der Waals surface area contributed by atoms with E-state index in [2.05, 4.69) is 35.9 Å². The Hall–Kier alpha value is -1.55. The predicted molar refractivity (Wildman–Crippen MR) is 91.7 cm³/mol. The second kappa shape index (κ2) is 6.52. The first-order valence-electron chi connectivity index (χ1n) is 8.64. The molecule has 0 saturated carbocycles. The molecule has 23 heavy (non-hydrogen) atoms. The van der Waals surface area contributed by atoms with E-state index < -0.39 is 0 Å². The molecule has 4 heteroatoms. The first kappa shape index (κ1) is 16.3. The quantitative estimate of drug-likeness (QED) is 0.856. The van der Waals surface area contributed by atoms with Crippen LogP contribution in [0.1, 0.15) is 31.7 Å². The lowest BCUT2D eigenvalue weighted by Gasteiger charge is -2.47. The summed E-state index contributed by atoms with van der Waals surface area (Å²) in [7, 11) is 3.82. The lowest BCUT2D eigenvalue weighted by Crippen LogP contribution is -2.58. The third kappa shape index (κ3) is 3.37. The lowest BCUT2D eigenvalue weighted by molar-refractivity contribution is -0.152. The van der Waals surface area contributed by atoms with E-state index >= 15 is 0 Å². The Morgan fingerprint density at radius 1 is 1.22 bits per heavy atom. The largest absolute Gasteiger partial charge is 0.497 e. The third-order valence-electron chi connectivity index (χ3n) is 5.64. The molecule has 2 saturated heterocycles. The molecule has 0 aromatic heterocycles. The van der Waals surface area contributed by atoms with Gasteiger partial charge in [-0.15, -0.1) is 0 Å². The number of ether oxygens (including phenoxy) is 1. The fourth-order valence-corrected chi connectivity index (χ4v) is 3.63. The van der Waals surface area contributed by atoms with Crippen LogP contribution in [0, 0.1) is 5.41 Å². The number of benzene rings is 1. The molecule has 4 nitrogen and oxygen atoms in total. The number of likely N-dealkylation sites (tertiary alicyclic amines) is 2. The number of rotatable bonds is 4. The summed E-state index contributed by atoms with van der Waals surface area (Å²) in [6, 6.07) is 8.58. The summed E-state index contributed by atoms with van der Waals surface area (Å²) in [5.41, 5.74) is 1.12. The van der Waals surface area contributed by atoms with Crippen molar-refractivity contribution in [2.75, 3.05) is 33.8 Å². The van der Waals surface area contributed by atoms with Crippen LogP contribution in [0.3, 0.4) is 0 Å². The minimum Gasteiger partial charge on any atom is -0.497 e. The SMILES string of the molecule is COc1ccc(CC2CCN2C(=O)C2(C)CCN(C)CC2)cc1. The molecule has 2 fully saturated rings. The number of hydrogen-bond donors (Lipinski definition) is 0. The van der Waals surface area contributed by atoms with Gasteiger partial charge in [0.05, 0.1) is 7.11 Å². The van der Waals surface area contributed by atoms with Gasteiger partial charge in [0.1, 0.15) is 5.75 Å². The molecule has 0 radical (unpaired) electrons. The first-order chi connectivity index (χ1) is 11.0. The van der Waals surface area contributed by atoms with Crippen LogP contribution in [-0.2, 0) is 11.2 Å². The van der Waals surface area contributed by atoms with E-state index in [4.69, 9.17) is 4.74 Å². The van der Waals surface area contributed by atoms with Crippen LogP contribution in [0.2, 0.25) is 0 Å². The lowest BCUT2D eigenvalue weighted by atomic mass is 9.77. The van der Waals surface area contributed by atoms with Crippen molar-refractivity contribution in [3.63, 3.8) is 0 Å². The Morgan fingerprint density at radius 2 is 1.87 bits per heavy atom. The number of methoxy groups -OCH3 is 1. The number of amides is 1. The molecule has 0 N–H and O–H groups in total. The highest BCUT2D eigenvalue weighted by Crippen LogP contribution is 2.36. The zero-order chi connectivity index (χ0) is 16.4. The summed E-state index contributed by atoms with van der Waals surface area (Å²) in [6.45, 7) is 5.13. The number of piperidine rings is 1. The van der Waals surface area contributed by atoms with Crippen molar-refractivity contribution in [3.8, 4) is 5.75 Å². The number of carbonyl (C=O) groups is 1. The Balaban J connectivity index is 1.61. The van der Waals surface area contributed by atoms with Crippen molar-refractivity contribution in [2.45, 2.75) is 38.6 Å². The van der Waals surface area contributed by atoms with Crippen molar-refractivity contribution in [1.82, 2.24) is 9.80 Å². The average molecular weight is 316 g/mol. The van der Waals surface area contributed by atoms with Gasteiger partial charge in [-0.3, -0.25) is 4.79 Å². The van der Waals surface area contributed by atoms with E-state index in [-0.39, 0.29) is 5.41 Å². The van der Waals surface area contributed by atoms with Gasteiger partial charge >= 0.3 is 0 Å². The topological polar surface area (TPSA) is 32.8 Å². The van der Waals surface area contributed by atoms with E-state index in [9.17, 15) is 4.79 Å². The Bertz CT molecular complexity index is 547. The molecule has 2 heterocycles. The van der Waals surface area contributed by atoms with Crippen LogP contribution in [0.15, 0.2) is 24.3 Å². The van der Waals surface area contributed by atoms with Gasteiger partial charge in [-0.25, -0.2) is 0 Å². The van der Waals surface area contributed by atoms with Crippen LogP contribution in [0.25, 0.3) is 0 Å². The van der Waals surface area contributed by atoms with Crippen molar-refractivity contribution in [3.05, 3.63) is 29.8 Å². The smallest absolute Gasteiger partial charge is 0.228 e. The molecule has 1 atom stereocenters. The van der Waals surface area contributed by atoms with Gasteiger partial charge in [-0.2, -0.15) is 0 Å². The van der Waals surface area contributed by atoms with E-state index in [1.54, 1.807) is 7.11 Å². The monoisotopic (exact) mass is 316 g/mol. The van der Waals surface area contributed by atoms with Gasteiger partial charge in [0.15, 0.2) is 0 Å². The van der Waals surface area contributed by atoms with Crippen molar-refractivity contribution in [2.24, 2.45) is 5.41 Å². The highest BCUT2D eigenvalue weighted by atomic mass is 16.5. The number of carbonyl (C=O) groups excluding carboxylic acids is 1. The molecule has 0 bridgehead atoms. The molecule has 1 aromatic carbocycles. The van der Waals surface area contributed by atoms with Gasteiger partial charge < -0.3 is 14.5 Å². The summed E-state index contributed by atoms with van der Waals surface area (Å²) in [4.78, 5) is 17.4. The second-order valence-corrected chi connectivity index (χ2v) is 7.36. The van der Waals surface area contributed by atoms with Crippen LogP contribution in [0.4, 0.5) is 0 Å². The average Bonchev–Trinajstić information content (AvgIpc) is 2.55. The molecule has 3 rings (SSSR count). The second-order valence-electron chi connectivity index (χ2n) is 7.36. The Labute approximate surface area is 139 Å². The molecular weight excluding hydrogens is 288 g/mol. The summed E-state index contributed by atoms with van der Waals surface area (Å²) in [5, 5.41) is 0. The molecule has 0 aliphatic carbocycles. The van der Waals surface area contributed by atoms with Crippen molar-refractivity contribution >= 4 is 5.91 Å². The molecule has 0 spiro atoms. The first-order valence-corrected chi connectivity index (χ1v) is 8.64. The van der Waals surface area contributed by atoms with Gasteiger partial charge in [-0.1, -0.05) is 19.1 Å². The Kier molecular flexibility index (Phi) is 4.62. The fourth-order valence-electron chi connectivity index (χ4n) is 3.63. The highest BCUT2D eigenvalue weighted by molar-refractivity contribution is 5.83. The predicted octanol–water partition coefficient (Wildman–Crippen LogP) is 2.57. The van der Waals surface area contributed by atoms with Gasteiger partial charge in [0.25, 0.3) is 0 Å². The zero-order valence-electron chi connectivity index (χ0n) is 14.5. The minimum atomic E-state index is -0.162. The van der Waals surface area contributed by atoms with Crippen LogP contribution >= 0.6 is 0 Å². The molecule has 2 aliphatic heterocycles. The number of nitrogens with zero attached hydrogens (tertiary/aromatic N) is 2. The van der Waals surface area contributed by atoms with E-state index in [1.807, 2.05) is 12.1 Å².